The SMILES string of the molecule is Cc1cc(C)n(C(C)C(=O)Nc2ccc(NC(=O)CC(C3CC3)C3CC3)cc2Cl)n1. The molecule has 2 aliphatic rings. The van der Waals surface area contributed by atoms with Crippen LogP contribution in [0.25, 0.3) is 0 Å². The van der Waals surface area contributed by atoms with Crippen LogP contribution in [-0.4, -0.2) is 21.6 Å². The van der Waals surface area contributed by atoms with Gasteiger partial charge in [0.15, 0.2) is 0 Å². The summed E-state index contributed by atoms with van der Waals surface area (Å²) < 4.78 is 1.70. The summed E-state index contributed by atoms with van der Waals surface area (Å²) in [6.07, 6.45) is 5.66. The van der Waals surface area contributed by atoms with E-state index in [2.05, 4.69) is 15.7 Å². The number of anilines is 2. The summed E-state index contributed by atoms with van der Waals surface area (Å²) in [4.78, 5) is 25.2. The second kappa shape index (κ2) is 8.42. The van der Waals surface area contributed by atoms with Crippen molar-refractivity contribution in [3.05, 3.63) is 40.7 Å². The number of hydrogen-bond acceptors (Lipinski definition) is 3. The highest BCUT2D eigenvalue weighted by atomic mass is 35.5. The van der Waals surface area contributed by atoms with Crippen molar-refractivity contribution in [1.29, 1.82) is 0 Å². The van der Waals surface area contributed by atoms with E-state index in [9.17, 15) is 9.59 Å². The van der Waals surface area contributed by atoms with Crippen LogP contribution in [0.2, 0.25) is 5.02 Å². The van der Waals surface area contributed by atoms with Gasteiger partial charge in [-0.25, -0.2) is 0 Å². The first-order chi connectivity index (χ1) is 14.3. The number of rotatable bonds is 8. The Labute approximate surface area is 182 Å². The highest BCUT2D eigenvalue weighted by molar-refractivity contribution is 6.34. The van der Waals surface area contributed by atoms with Crippen LogP contribution >= 0.6 is 11.6 Å². The van der Waals surface area contributed by atoms with Gasteiger partial charge in [0.1, 0.15) is 6.04 Å². The molecule has 1 aromatic heterocycles. The fraction of sp³-hybridized carbons (Fsp3) is 0.522. The van der Waals surface area contributed by atoms with Gasteiger partial charge >= 0.3 is 0 Å². The standard InChI is InChI=1S/C23H29ClN4O2/c1-13-10-14(2)28(27-13)15(3)23(30)26-21-9-8-18(11-20(21)24)25-22(29)12-19(16-4-5-16)17-6-7-17/h8-11,15-17,19H,4-7,12H2,1-3H3,(H,25,29)(H,26,30). The second-order valence-electron chi connectivity index (χ2n) is 8.82. The Morgan fingerprint density at radius 3 is 2.33 bits per heavy atom. The van der Waals surface area contributed by atoms with Gasteiger partial charge in [-0.2, -0.15) is 5.10 Å². The van der Waals surface area contributed by atoms with Crippen molar-refractivity contribution < 1.29 is 9.59 Å². The van der Waals surface area contributed by atoms with E-state index in [4.69, 9.17) is 11.6 Å². The molecule has 2 saturated carbocycles. The molecule has 30 heavy (non-hydrogen) atoms. The van der Waals surface area contributed by atoms with E-state index in [1.807, 2.05) is 19.9 Å². The minimum atomic E-state index is -0.462. The predicted molar refractivity (Wildman–Crippen MR) is 119 cm³/mol. The summed E-state index contributed by atoms with van der Waals surface area (Å²) in [5.41, 5.74) is 2.97. The Morgan fingerprint density at radius 2 is 1.80 bits per heavy atom. The molecular weight excluding hydrogens is 400 g/mol. The van der Waals surface area contributed by atoms with Crippen LogP contribution in [0.5, 0.6) is 0 Å². The van der Waals surface area contributed by atoms with Gasteiger partial charge in [-0.15, -0.1) is 0 Å². The smallest absolute Gasteiger partial charge is 0.248 e. The lowest BCUT2D eigenvalue weighted by Gasteiger charge is -2.17. The number of nitrogens with zero attached hydrogens (tertiary/aromatic N) is 2. The summed E-state index contributed by atoms with van der Waals surface area (Å²) >= 11 is 6.38. The fourth-order valence-corrected chi connectivity index (χ4v) is 4.50. The van der Waals surface area contributed by atoms with Crippen LogP contribution in [0.4, 0.5) is 11.4 Å². The molecule has 1 atom stereocenters. The average molecular weight is 429 g/mol. The third-order valence-electron chi connectivity index (χ3n) is 6.18. The minimum absolute atomic E-state index is 0.0461. The lowest BCUT2D eigenvalue weighted by molar-refractivity contribution is -0.119. The molecule has 2 aliphatic carbocycles. The maximum Gasteiger partial charge on any atom is 0.248 e. The number of amides is 2. The zero-order chi connectivity index (χ0) is 21.4. The van der Waals surface area contributed by atoms with E-state index in [1.54, 1.807) is 29.8 Å². The second-order valence-corrected chi connectivity index (χ2v) is 9.23. The van der Waals surface area contributed by atoms with Crippen LogP contribution in [0.3, 0.4) is 0 Å². The van der Waals surface area contributed by atoms with Gasteiger partial charge in [0.2, 0.25) is 11.8 Å². The first-order valence-electron chi connectivity index (χ1n) is 10.7. The summed E-state index contributed by atoms with van der Waals surface area (Å²) in [7, 11) is 0. The molecule has 0 saturated heterocycles. The number of aryl methyl sites for hydroxylation is 2. The summed E-state index contributed by atoms with van der Waals surface area (Å²) in [6, 6.07) is 6.66. The first-order valence-corrected chi connectivity index (χ1v) is 11.1. The third kappa shape index (κ3) is 4.86. The van der Waals surface area contributed by atoms with Gasteiger partial charge in [0, 0.05) is 17.8 Å². The van der Waals surface area contributed by atoms with Crippen molar-refractivity contribution in [3.63, 3.8) is 0 Å². The highest BCUT2D eigenvalue weighted by Gasteiger charge is 2.42. The highest BCUT2D eigenvalue weighted by Crippen LogP contribution is 2.50. The predicted octanol–water partition coefficient (Wildman–Crippen LogP) is 5.12. The van der Waals surface area contributed by atoms with Gasteiger partial charge in [0.25, 0.3) is 0 Å². The Kier molecular flexibility index (Phi) is 5.87. The third-order valence-corrected chi connectivity index (χ3v) is 6.49. The first kappa shape index (κ1) is 20.9. The number of hydrogen-bond donors (Lipinski definition) is 2. The Morgan fingerprint density at radius 1 is 1.13 bits per heavy atom. The number of carbonyl (C=O) groups is 2. The van der Waals surface area contributed by atoms with Crippen molar-refractivity contribution in [1.82, 2.24) is 9.78 Å². The lowest BCUT2D eigenvalue weighted by Crippen LogP contribution is -2.25. The fourth-order valence-electron chi connectivity index (χ4n) is 4.27. The van der Waals surface area contributed by atoms with Crippen LogP contribution in [0.1, 0.15) is 56.5 Å². The molecule has 6 nitrogen and oxygen atoms in total. The van der Waals surface area contributed by atoms with E-state index < -0.39 is 6.04 Å². The Hall–Kier alpha value is -2.34. The van der Waals surface area contributed by atoms with Gasteiger partial charge in [-0.3, -0.25) is 14.3 Å². The van der Waals surface area contributed by atoms with Crippen molar-refractivity contribution in [3.8, 4) is 0 Å². The molecule has 1 unspecified atom stereocenters. The van der Waals surface area contributed by atoms with E-state index in [0.717, 1.165) is 23.2 Å². The molecule has 1 heterocycles. The molecule has 2 N–H and O–H groups in total. The molecule has 0 aliphatic heterocycles. The maximum atomic E-state index is 12.6. The number of benzene rings is 1. The number of nitrogens with one attached hydrogen (secondary N) is 2. The number of aromatic nitrogens is 2. The summed E-state index contributed by atoms with van der Waals surface area (Å²) in [6.45, 7) is 5.62. The van der Waals surface area contributed by atoms with Crippen LogP contribution in [0, 0.1) is 31.6 Å². The van der Waals surface area contributed by atoms with Crippen molar-refractivity contribution in [2.45, 2.75) is 58.9 Å². The van der Waals surface area contributed by atoms with Gasteiger partial charge in [-0.1, -0.05) is 11.6 Å². The lowest BCUT2D eigenvalue weighted by atomic mass is 9.94. The molecule has 0 bridgehead atoms. The van der Waals surface area contributed by atoms with E-state index in [0.29, 0.717) is 28.7 Å². The Bertz CT molecular complexity index is 950. The van der Waals surface area contributed by atoms with Crippen LogP contribution < -0.4 is 10.6 Å². The number of halogens is 1. The Balaban J connectivity index is 1.36. The van der Waals surface area contributed by atoms with Crippen LogP contribution in [0.15, 0.2) is 24.3 Å². The van der Waals surface area contributed by atoms with Crippen molar-refractivity contribution in [2.24, 2.45) is 17.8 Å². The van der Waals surface area contributed by atoms with E-state index >= 15 is 0 Å². The summed E-state index contributed by atoms with van der Waals surface area (Å²) in [5, 5.41) is 10.6. The van der Waals surface area contributed by atoms with Gasteiger partial charge in [-0.05, 0) is 88.5 Å². The van der Waals surface area contributed by atoms with Crippen molar-refractivity contribution >= 4 is 34.8 Å². The molecule has 2 aromatic rings. The molecule has 2 amide bonds. The molecule has 160 valence electrons. The average Bonchev–Trinajstić information content (AvgIpc) is 3.60. The normalized spacial score (nSPS) is 17.1. The van der Waals surface area contributed by atoms with Crippen LogP contribution in [-0.2, 0) is 9.59 Å². The minimum Gasteiger partial charge on any atom is -0.326 e. The summed E-state index contributed by atoms with van der Waals surface area (Å²) in [5.74, 6) is 1.87. The van der Waals surface area contributed by atoms with E-state index in [1.165, 1.54) is 25.7 Å². The zero-order valence-corrected chi connectivity index (χ0v) is 18.5. The topological polar surface area (TPSA) is 76.0 Å². The molecule has 1 aromatic carbocycles. The van der Waals surface area contributed by atoms with Gasteiger partial charge in [0.05, 0.1) is 16.4 Å². The van der Waals surface area contributed by atoms with Gasteiger partial charge < -0.3 is 10.6 Å². The monoisotopic (exact) mass is 428 g/mol. The largest absolute Gasteiger partial charge is 0.326 e. The molecular formula is C23H29ClN4O2. The maximum absolute atomic E-state index is 12.6. The molecule has 2 fully saturated rings. The molecule has 0 radical (unpaired) electrons. The molecule has 4 rings (SSSR count). The van der Waals surface area contributed by atoms with E-state index in [-0.39, 0.29) is 11.8 Å². The molecule has 0 spiro atoms. The van der Waals surface area contributed by atoms with Crippen molar-refractivity contribution in [2.75, 3.05) is 10.6 Å². The quantitative estimate of drug-likeness (QED) is 0.612. The molecule has 7 heteroatoms. The zero-order valence-electron chi connectivity index (χ0n) is 17.7. The number of carbonyl (C=O) groups excluding carboxylic acids is 2.